The summed E-state index contributed by atoms with van der Waals surface area (Å²) in [6, 6.07) is 4.86. The Balaban J connectivity index is 2.60. The van der Waals surface area contributed by atoms with Crippen LogP contribution in [0.25, 0.3) is 0 Å². The highest BCUT2D eigenvalue weighted by molar-refractivity contribution is 5.26. The highest BCUT2D eigenvalue weighted by Crippen LogP contribution is 2.10. The topological polar surface area (TPSA) is 32.3 Å². The van der Waals surface area contributed by atoms with Gasteiger partial charge in [0, 0.05) is 12.6 Å². The number of hydrogen-bond donors (Lipinski definition) is 2. The molecular formula is C12H18FNO. The van der Waals surface area contributed by atoms with Crippen molar-refractivity contribution in [2.24, 2.45) is 0 Å². The van der Waals surface area contributed by atoms with E-state index in [1.165, 1.54) is 12.1 Å². The summed E-state index contributed by atoms with van der Waals surface area (Å²) >= 11 is 0. The van der Waals surface area contributed by atoms with Gasteiger partial charge < -0.3 is 10.4 Å². The standard InChI is InChI=1S/C12H18FNO/c1-3-12(8-15)14-7-10-6-11(13)5-4-9(10)2/h4-6,12,14-15H,3,7-8H2,1-2H3/t12-/m1/s1. The van der Waals surface area contributed by atoms with E-state index in [0.29, 0.717) is 6.54 Å². The second-order valence-corrected chi connectivity index (χ2v) is 3.74. The minimum atomic E-state index is -0.213. The van der Waals surface area contributed by atoms with Crippen LogP contribution in [0.4, 0.5) is 4.39 Å². The molecule has 3 heteroatoms. The van der Waals surface area contributed by atoms with Crippen molar-refractivity contribution in [3.8, 4) is 0 Å². The molecular weight excluding hydrogens is 193 g/mol. The van der Waals surface area contributed by atoms with Crippen LogP contribution in [-0.4, -0.2) is 17.8 Å². The maximum Gasteiger partial charge on any atom is 0.123 e. The monoisotopic (exact) mass is 211 g/mol. The summed E-state index contributed by atoms with van der Waals surface area (Å²) in [6.45, 7) is 4.68. The van der Waals surface area contributed by atoms with Gasteiger partial charge in [-0.1, -0.05) is 13.0 Å². The van der Waals surface area contributed by atoms with Gasteiger partial charge in [0.25, 0.3) is 0 Å². The zero-order valence-corrected chi connectivity index (χ0v) is 9.26. The number of hydrogen-bond acceptors (Lipinski definition) is 2. The summed E-state index contributed by atoms with van der Waals surface area (Å²) in [4.78, 5) is 0. The minimum Gasteiger partial charge on any atom is -0.395 e. The van der Waals surface area contributed by atoms with Crippen LogP contribution < -0.4 is 5.32 Å². The SMILES string of the molecule is CC[C@H](CO)NCc1cc(F)ccc1C. The van der Waals surface area contributed by atoms with Crippen LogP contribution in [0.15, 0.2) is 18.2 Å². The summed E-state index contributed by atoms with van der Waals surface area (Å²) in [6.07, 6.45) is 0.866. The molecule has 0 amide bonds. The molecule has 2 N–H and O–H groups in total. The molecule has 2 nitrogen and oxygen atoms in total. The Kier molecular flexibility index (Phi) is 4.72. The average molecular weight is 211 g/mol. The third-order valence-electron chi connectivity index (χ3n) is 2.61. The van der Waals surface area contributed by atoms with Gasteiger partial charge in [-0.2, -0.15) is 0 Å². The molecule has 84 valence electrons. The second-order valence-electron chi connectivity index (χ2n) is 3.74. The second kappa shape index (κ2) is 5.83. The van der Waals surface area contributed by atoms with E-state index >= 15 is 0 Å². The smallest absolute Gasteiger partial charge is 0.123 e. The third kappa shape index (κ3) is 3.61. The number of halogens is 1. The van der Waals surface area contributed by atoms with Crippen LogP contribution in [0.5, 0.6) is 0 Å². The number of aliphatic hydroxyl groups excluding tert-OH is 1. The lowest BCUT2D eigenvalue weighted by Crippen LogP contribution is -2.31. The van der Waals surface area contributed by atoms with Gasteiger partial charge in [0.15, 0.2) is 0 Å². The normalized spacial score (nSPS) is 12.8. The predicted molar refractivity (Wildman–Crippen MR) is 59.1 cm³/mol. The number of rotatable bonds is 5. The van der Waals surface area contributed by atoms with Gasteiger partial charge in [-0.25, -0.2) is 4.39 Å². The molecule has 1 aromatic carbocycles. The fraction of sp³-hybridized carbons (Fsp3) is 0.500. The van der Waals surface area contributed by atoms with Gasteiger partial charge in [-0.3, -0.25) is 0 Å². The molecule has 0 aliphatic carbocycles. The number of aliphatic hydroxyl groups is 1. The van der Waals surface area contributed by atoms with Gasteiger partial charge in [-0.05, 0) is 36.6 Å². The van der Waals surface area contributed by atoms with Gasteiger partial charge >= 0.3 is 0 Å². The van der Waals surface area contributed by atoms with Crippen molar-refractivity contribution in [1.82, 2.24) is 5.32 Å². The van der Waals surface area contributed by atoms with E-state index in [2.05, 4.69) is 5.32 Å². The van der Waals surface area contributed by atoms with E-state index in [0.717, 1.165) is 17.5 Å². The largest absolute Gasteiger partial charge is 0.395 e. The molecule has 0 heterocycles. The molecule has 0 saturated heterocycles. The average Bonchev–Trinajstić information content (AvgIpc) is 2.24. The van der Waals surface area contributed by atoms with Crippen LogP contribution in [0, 0.1) is 12.7 Å². The fourth-order valence-electron chi connectivity index (χ4n) is 1.42. The lowest BCUT2D eigenvalue weighted by Gasteiger charge is -2.15. The molecule has 1 aromatic rings. The van der Waals surface area contributed by atoms with Crippen LogP contribution >= 0.6 is 0 Å². The molecule has 0 aliphatic heterocycles. The minimum absolute atomic E-state index is 0.0904. The maximum absolute atomic E-state index is 13.0. The van der Waals surface area contributed by atoms with Crippen LogP contribution in [0.3, 0.4) is 0 Å². The van der Waals surface area contributed by atoms with Crippen molar-refractivity contribution in [3.63, 3.8) is 0 Å². The molecule has 0 aliphatic rings. The highest BCUT2D eigenvalue weighted by atomic mass is 19.1. The Bertz CT molecular complexity index is 310. The molecule has 0 radical (unpaired) electrons. The van der Waals surface area contributed by atoms with Crippen LogP contribution in [0.1, 0.15) is 24.5 Å². The van der Waals surface area contributed by atoms with Gasteiger partial charge in [0.05, 0.1) is 6.61 Å². The Hall–Kier alpha value is -0.930. The summed E-state index contributed by atoms with van der Waals surface area (Å²) in [5.41, 5.74) is 2.01. The predicted octanol–water partition coefficient (Wildman–Crippen LogP) is 1.99. The van der Waals surface area contributed by atoms with Crippen molar-refractivity contribution < 1.29 is 9.50 Å². The summed E-state index contributed by atoms with van der Waals surface area (Å²) in [5, 5.41) is 12.2. The van der Waals surface area contributed by atoms with E-state index in [4.69, 9.17) is 5.11 Å². The van der Waals surface area contributed by atoms with E-state index < -0.39 is 0 Å². The van der Waals surface area contributed by atoms with Crippen molar-refractivity contribution >= 4 is 0 Å². The third-order valence-corrected chi connectivity index (χ3v) is 2.61. The lowest BCUT2D eigenvalue weighted by atomic mass is 10.1. The summed E-state index contributed by atoms with van der Waals surface area (Å²) in [5.74, 6) is -0.213. The molecule has 0 saturated carbocycles. The molecule has 1 rings (SSSR count). The number of nitrogens with one attached hydrogen (secondary N) is 1. The first-order valence-electron chi connectivity index (χ1n) is 5.26. The molecule has 0 aromatic heterocycles. The zero-order valence-electron chi connectivity index (χ0n) is 9.26. The summed E-state index contributed by atoms with van der Waals surface area (Å²) < 4.78 is 13.0. The molecule has 0 spiro atoms. The first-order chi connectivity index (χ1) is 7.17. The van der Waals surface area contributed by atoms with Crippen LogP contribution in [0.2, 0.25) is 0 Å². The van der Waals surface area contributed by atoms with Gasteiger partial charge in [0.1, 0.15) is 5.82 Å². The molecule has 0 bridgehead atoms. The Morgan fingerprint density at radius 1 is 1.47 bits per heavy atom. The molecule has 0 fully saturated rings. The quantitative estimate of drug-likeness (QED) is 0.780. The molecule has 1 atom stereocenters. The fourth-order valence-corrected chi connectivity index (χ4v) is 1.42. The number of benzene rings is 1. The summed E-state index contributed by atoms with van der Waals surface area (Å²) in [7, 11) is 0. The van der Waals surface area contributed by atoms with E-state index in [-0.39, 0.29) is 18.5 Å². The van der Waals surface area contributed by atoms with Crippen molar-refractivity contribution in [3.05, 3.63) is 35.1 Å². The van der Waals surface area contributed by atoms with Crippen LogP contribution in [-0.2, 0) is 6.54 Å². The Labute approximate surface area is 90.1 Å². The zero-order chi connectivity index (χ0) is 11.3. The van der Waals surface area contributed by atoms with Crippen molar-refractivity contribution in [2.45, 2.75) is 32.9 Å². The first kappa shape index (κ1) is 12.1. The number of aryl methyl sites for hydroxylation is 1. The molecule has 15 heavy (non-hydrogen) atoms. The van der Waals surface area contributed by atoms with Crippen molar-refractivity contribution in [1.29, 1.82) is 0 Å². The van der Waals surface area contributed by atoms with Gasteiger partial charge in [0.2, 0.25) is 0 Å². The van der Waals surface area contributed by atoms with Crippen molar-refractivity contribution in [2.75, 3.05) is 6.61 Å². The molecule has 0 unspecified atom stereocenters. The maximum atomic E-state index is 13.0. The highest BCUT2D eigenvalue weighted by Gasteiger charge is 2.05. The van der Waals surface area contributed by atoms with E-state index in [1.54, 1.807) is 6.07 Å². The van der Waals surface area contributed by atoms with E-state index in [9.17, 15) is 4.39 Å². The Morgan fingerprint density at radius 3 is 2.80 bits per heavy atom. The lowest BCUT2D eigenvalue weighted by molar-refractivity contribution is 0.238. The first-order valence-corrected chi connectivity index (χ1v) is 5.26. The van der Waals surface area contributed by atoms with Gasteiger partial charge in [-0.15, -0.1) is 0 Å². The Morgan fingerprint density at radius 2 is 2.20 bits per heavy atom. The van der Waals surface area contributed by atoms with E-state index in [1.807, 2.05) is 13.8 Å².